The molecule has 0 aromatic heterocycles. The van der Waals surface area contributed by atoms with Crippen molar-refractivity contribution < 1.29 is 9.59 Å². The second kappa shape index (κ2) is 7.49. The molecule has 1 N–H and O–H groups in total. The Kier molecular flexibility index (Phi) is 5.66. The maximum atomic E-state index is 12.5. The molecule has 5 heteroatoms. The zero-order valence-corrected chi connectivity index (χ0v) is 13.9. The maximum Gasteiger partial charge on any atom is 0.248 e. The van der Waals surface area contributed by atoms with Crippen LogP contribution in [0.4, 0.5) is 5.69 Å². The molecule has 1 aromatic rings. The van der Waals surface area contributed by atoms with Crippen LogP contribution < -0.4 is 5.32 Å². The van der Waals surface area contributed by atoms with E-state index in [-0.39, 0.29) is 17.9 Å². The van der Waals surface area contributed by atoms with Crippen molar-refractivity contribution in [1.82, 2.24) is 4.90 Å². The fourth-order valence-electron chi connectivity index (χ4n) is 2.32. The van der Waals surface area contributed by atoms with Gasteiger partial charge in [0.25, 0.3) is 0 Å². The number of thioether (sulfide) groups is 1. The quantitative estimate of drug-likeness (QED) is 0.849. The summed E-state index contributed by atoms with van der Waals surface area (Å²) in [5, 5.41) is 2.93. The summed E-state index contributed by atoms with van der Waals surface area (Å²) in [6, 6.07) is 5.45. The molecule has 0 aliphatic carbocycles. The third kappa shape index (κ3) is 3.91. The first-order chi connectivity index (χ1) is 10.5. The number of benzene rings is 1. The minimum Gasteiger partial charge on any atom is -0.324 e. The lowest BCUT2D eigenvalue weighted by atomic mass is 10.1. The number of nitrogens with one attached hydrogen (secondary N) is 1. The lowest BCUT2D eigenvalue weighted by Crippen LogP contribution is -2.44. The zero-order chi connectivity index (χ0) is 16.1. The van der Waals surface area contributed by atoms with E-state index in [9.17, 15) is 9.59 Å². The van der Waals surface area contributed by atoms with Crippen LogP contribution in [-0.4, -0.2) is 34.4 Å². The van der Waals surface area contributed by atoms with Gasteiger partial charge in [-0.15, -0.1) is 18.3 Å². The zero-order valence-electron chi connectivity index (χ0n) is 13.1. The van der Waals surface area contributed by atoms with Gasteiger partial charge in [0.15, 0.2) is 0 Å². The molecular formula is C17H22N2O2S. The van der Waals surface area contributed by atoms with Crippen molar-refractivity contribution >= 4 is 29.3 Å². The first-order valence-corrected chi connectivity index (χ1v) is 8.54. The minimum absolute atomic E-state index is 0.0186. The van der Waals surface area contributed by atoms with Crippen molar-refractivity contribution in [2.45, 2.75) is 32.7 Å². The highest BCUT2D eigenvalue weighted by Crippen LogP contribution is 2.24. The van der Waals surface area contributed by atoms with Gasteiger partial charge in [-0.2, -0.15) is 0 Å². The number of allylic oxidation sites excluding steroid dienone is 1. The first kappa shape index (κ1) is 16.6. The topological polar surface area (TPSA) is 49.4 Å². The van der Waals surface area contributed by atoms with Crippen LogP contribution >= 0.6 is 11.8 Å². The van der Waals surface area contributed by atoms with Crippen molar-refractivity contribution in [2.75, 3.05) is 16.9 Å². The van der Waals surface area contributed by atoms with Gasteiger partial charge in [0.05, 0.1) is 5.88 Å². The molecule has 2 rings (SSSR count). The van der Waals surface area contributed by atoms with Crippen LogP contribution in [0.15, 0.2) is 30.9 Å². The smallest absolute Gasteiger partial charge is 0.248 e. The lowest BCUT2D eigenvalue weighted by Gasteiger charge is -2.23. The Morgan fingerprint density at radius 2 is 2.18 bits per heavy atom. The van der Waals surface area contributed by atoms with E-state index in [0.29, 0.717) is 24.5 Å². The molecular weight excluding hydrogens is 296 g/mol. The molecule has 0 bridgehead atoms. The molecule has 22 heavy (non-hydrogen) atoms. The number of carbonyl (C=O) groups excluding carboxylic acids is 2. The molecule has 118 valence electrons. The Morgan fingerprint density at radius 3 is 2.86 bits per heavy atom. The fourth-order valence-corrected chi connectivity index (χ4v) is 3.50. The third-order valence-corrected chi connectivity index (χ3v) is 4.85. The summed E-state index contributed by atoms with van der Waals surface area (Å²) in [5.41, 5.74) is 3.11. The van der Waals surface area contributed by atoms with E-state index in [1.54, 1.807) is 22.7 Å². The molecule has 4 nitrogen and oxygen atoms in total. The van der Waals surface area contributed by atoms with Gasteiger partial charge in [0.1, 0.15) is 6.04 Å². The van der Waals surface area contributed by atoms with Crippen LogP contribution in [-0.2, 0) is 9.59 Å². The monoisotopic (exact) mass is 318 g/mol. The predicted octanol–water partition coefficient (Wildman–Crippen LogP) is 3.11. The Morgan fingerprint density at radius 1 is 1.41 bits per heavy atom. The Hall–Kier alpha value is -1.75. The number of hydrogen-bond donors (Lipinski definition) is 1. The number of hydrogen-bond acceptors (Lipinski definition) is 3. The van der Waals surface area contributed by atoms with Crippen LogP contribution in [0.1, 0.15) is 24.0 Å². The molecule has 0 saturated carbocycles. The Labute approximate surface area is 136 Å². The number of amides is 2. The highest BCUT2D eigenvalue weighted by Gasteiger charge is 2.34. The van der Waals surface area contributed by atoms with E-state index in [1.165, 1.54) is 5.56 Å². The number of aryl methyl sites for hydroxylation is 2. The SMILES string of the molecule is C=CCCC(=O)N1CSCC1C(=O)Nc1ccc(C)c(C)c1. The second-order valence-corrected chi connectivity index (χ2v) is 6.49. The molecule has 1 aliphatic rings. The lowest BCUT2D eigenvalue weighted by molar-refractivity contribution is -0.136. The molecule has 2 amide bonds. The van der Waals surface area contributed by atoms with Crippen LogP contribution in [0.3, 0.4) is 0 Å². The van der Waals surface area contributed by atoms with Crippen molar-refractivity contribution in [3.05, 3.63) is 42.0 Å². The highest BCUT2D eigenvalue weighted by atomic mass is 32.2. The van der Waals surface area contributed by atoms with Gasteiger partial charge in [-0.3, -0.25) is 9.59 Å². The standard InChI is InChI=1S/C17H22N2O2S/c1-4-5-6-16(20)19-11-22-10-15(19)17(21)18-14-8-7-12(2)13(3)9-14/h4,7-9,15H,1,5-6,10-11H2,2-3H3,(H,18,21). The molecule has 1 atom stereocenters. The summed E-state index contributed by atoms with van der Waals surface area (Å²) in [4.78, 5) is 26.3. The van der Waals surface area contributed by atoms with E-state index in [1.807, 2.05) is 32.0 Å². The van der Waals surface area contributed by atoms with E-state index < -0.39 is 0 Å². The van der Waals surface area contributed by atoms with Crippen LogP contribution in [0.25, 0.3) is 0 Å². The van der Waals surface area contributed by atoms with Gasteiger partial charge >= 0.3 is 0 Å². The first-order valence-electron chi connectivity index (χ1n) is 7.39. The van der Waals surface area contributed by atoms with E-state index in [4.69, 9.17) is 0 Å². The van der Waals surface area contributed by atoms with Crippen LogP contribution in [0, 0.1) is 13.8 Å². The second-order valence-electron chi connectivity index (χ2n) is 5.49. The molecule has 1 aliphatic heterocycles. The van der Waals surface area contributed by atoms with E-state index in [0.717, 1.165) is 11.3 Å². The Bertz CT molecular complexity index is 586. The van der Waals surface area contributed by atoms with Crippen molar-refractivity contribution in [2.24, 2.45) is 0 Å². The molecule has 1 unspecified atom stereocenters. The van der Waals surface area contributed by atoms with Crippen LogP contribution in [0.2, 0.25) is 0 Å². The van der Waals surface area contributed by atoms with Crippen LogP contribution in [0.5, 0.6) is 0 Å². The summed E-state index contributed by atoms with van der Waals surface area (Å²) in [6.07, 6.45) is 2.79. The molecule has 1 heterocycles. The molecule has 1 fully saturated rings. The maximum absolute atomic E-state index is 12.5. The normalized spacial score (nSPS) is 17.4. The third-order valence-electron chi connectivity index (χ3n) is 3.84. The minimum atomic E-state index is -0.385. The van der Waals surface area contributed by atoms with Gasteiger partial charge < -0.3 is 10.2 Å². The summed E-state index contributed by atoms with van der Waals surface area (Å²) < 4.78 is 0. The Balaban J connectivity index is 2.02. The summed E-state index contributed by atoms with van der Waals surface area (Å²) in [6.45, 7) is 7.68. The van der Waals surface area contributed by atoms with Crippen molar-refractivity contribution in [3.8, 4) is 0 Å². The highest BCUT2D eigenvalue weighted by molar-refractivity contribution is 7.99. The summed E-state index contributed by atoms with van der Waals surface area (Å²) >= 11 is 1.61. The van der Waals surface area contributed by atoms with Gasteiger partial charge in [0, 0.05) is 17.9 Å². The van der Waals surface area contributed by atoms with Gasteiger partial charge in [-0.05, 0) is 43.5 Å². The molecule has 1 saturated heterocycles. The number of rotatable bonds is 5. The summed E-state index contributed by atoms with van der Waals surface area (Å²) in [5.74, 6) is 1.14. The van der Waals surface area contributed by atoms with Crippen molar-refractivity contribution in [1.29, 1.82) is 0 Å². The number of carbonyl (C=O) groups is 2. The number of nitrogens with zero attached hydrogens (tertiary/aromatic N) is 1. The summed E-state index contributed by atoms with van der Waals surface area (Å²) in [7, 11) is 0. The largest absolute Gasteiger partial charge is 0.324 e. The average molecular weight is 318 g/mol. The van der Waals surface area contributed by atoms with Gasteiger partial charge in [-0.1, -0.05) is 12.1 Å². The molecule has 0 radical (unpaired) electrons. The number of anilines is 1. The fraction of sp³-hybridized carbons (Fsp3) is 0.412. The van der Waals surface area contributed by atoms with Gasteiger partial charge in [0.2, 0.25) is 11.8 Å². The van der Waals surface area contributed by atoms with Gasteiger partial charge in [-0.25, -0.2) is 0 Å². The van der Waals surface area contributed by atoms with E-state index in [2.05, 4.69) is 11.9 Å². The van der Waals surface area contributed by atoms with Crippen molar-refractivity contribution in [3.63, 3.8) is 0 Å². The average Bonchev–Trinajstić information content (AvgIpc) is 2.98. The molecule has 0 spiro atoms. The predicted molar refractivity (Wildman–Crippen MR) is 91.9 cm³/mol. The van der Waals surface area contributed by atoms with E-state index >= 15 is 0 Å². The molecule has 1 aromatic carbocycles.